The number of nitrogens with one attached hydrogen (secondary N) is 1. The molecule has 0 radical (unpaired) electrons. The molecule has 0 aliphatic carbocycles. The van der Waals surface area contributed by atoms with E-state index in [4.69, 9.17) is 14.2 Å². The molecular formula is C63H116N2O7. The Balaban J connectivity index is 5.18. The molecule has 0 atom stereocenters. The van der Waals surface area contributed by atoms with Crippen LogP contribution in [0.15, 0.2) is 36.5 Å². The standard InChI is InChI=1S/C63H116N2O7/c1-6-9-12-15-18-21-24-27-30-33-36-39-42-45-48-51-60(67)70-56-63(64-59(66)54-55-65(4)5,57-71-61(68)52-49-46-43-40-37-34-31-28-25-22-19-16-13-10-7-2)58-72-62(69)53-50-47-44-41-38-35-32-29-26-23-20-17-14-11-8-3/h27-32H,6-26,33-58H2,1-5H3,(H,64,66)/b30-27-,31-28-,32-29-. The molecule has 0 fully saturated rings. The maximum atomic E-state index is 13.4. The van der Waals surface area contributed by atoms with Gasteiger partial charge in [-0.15, -0.1) is 0 Å². The second-order valence-electron chi connectivity index (χ2n) is 21.4. The van der Waals surface area contributed by atoms with Gasteiger partial charge in [0.1, 0.15) is 25.4 Å². The Bertz CT molecular complexity index is 1190. The van der Waals surface area contributed by atoms with Gasteiger partial charge < -0.3 is 24.4 Å². The van der Waals surface area contributed by atoms with E-state index in [0.717, 1.165) is 96.3 Å². The summed E-state index contributed by atoms with van der Waals surface area (Å²) in [5.41, 5.74) is -1.40. The molecule has 0 aliphatic heterocycles. The van der Waals surface area contributed by atoms with Gasteiger partial charge in [-0.1, -0.05) is 211 Å². The number of carbonyl (C=O) groups is 4. The SMILES string of the molecule is CCCCCCCC/C=C\CCCCCCCC(=O)OCC(COC(=O)CCCCCCC/C=C\CCCCCCCC)(COC(=O)CCCCCCC/C=C\CCCCCCCC)NC(=O)CCN(C)C. The van der Waals surface area contributed by atoms with Gasteiger partial charge in [0.05, 0.1) is 0 Å². The van der Waals surface area contributed by atoms with E-state index >= 15 is 0 Å². The lowest BCUT2D eigenvalue weighted by Crippen LogP contribution is -2.59. The Morgan fingerprint density at radius 2 is 0.583 bits per heavy atom. The number of amides is 1. The van der Waals surface area contributed by atoms with Crippen LogP contribution in [-0.2, 0) is 33.4 Å². The molecule has 0 aromatic heterocycles. The highest BCUT2D eigenvalue weighted by molar-refractivity contribution is 5.77. The molecule has 9 nitrogen and oxygen atoms in total. The van der Waals surface area contributed by atoms with Crippen molar-refractivity contribution >= 4 is 23.8 Å². The highest BCUT2D eigenvalue weighted by Gasteiger charge is 2.37. The summed E-state index contributed by atoms with van der Waals surface area (Å²) >= 11 is 0. The van der Waals surface area contributed by atoms with Gasteiger partial charge in [-0.3, -0.25) is 19.2 Å². The Hall–Kier alpha value is -2.94. The average molecular weight is 1010 g/mol. The number of rotatable bonds is 55. The summed E-state index contributed by atoms with van der Waals surface area (Å²) in [7, 11) is 3.79. The number of nitrogens with zero attached hydrogens (tertiary/aromatic N) is 1. The van der Waals surface area contributed by atoms with Crippen LogP contribution in [0.25, 0.3) is 0 Å². The van der Waals surface area contributed by atoms with Crippen molar-refractivity contribution in [3.63, 3.8) is 0 Å². The van der Waals surface area contributed by atoms with E-state index < -0.39 is 5.54 Å². The summed E-state index contributed by atoms with van der Waals surface area (Å²) in [6.07, 6.45) is 60.6. The molecule has 9 heteroatoms. The zero-order valence-electron chi connectivity index (χ0n) is 48.0. The van der Waals surface area contributed by atoms with Crippen molar-refractivity contribution in [2.24, 2.45) is 0 Å². The lowest BCUT2D eigenvalue weighted by Gasteiger charge is -2.33. The monoisotopic (exact) mass is 1010 g/mol. The molecule has 0 rings (SSSR count). The van der Waals surface area contributed by atoms with Gasteiger partial charge >= 0.3 is 17.9 Å². The van der Waals surface area contributed by atoms with Crippen molar-refractivity contribution < 1.29 is 33.4 Å². The first kappa shape index (κ1) is 69.1. The van der Waals surface area contributed by atoms with Gasteiger partial charge in [-0.25, -0.2) is 0 Å². The first-order valence-corrected chi connectivity index (χ1v) is 30.6. The second-order valence-corrected chi connectivity index (χ2v) is 21.4. The van der Waals surface area contributed by atoms with Crippen LogP contribution in [0.3, 0.4) is 0 Å². The van der Waals surface area contributed by atoms with Crippen LogP contribution in [0.1, 0.15) is 297 Å². The van der Waals surface area contributed by atoms with Crippen molar-refractivity contribution in [3.05, 3.63) is 36.5 Å². The van der Waals surface area contributed by atoms with E-state index in [2.05, 4.69) is 62.5 Å². The van der Waals surface area contributed by atoms with E-state index in [-0.39, 0.29) is 69.3 Å². The Morgan fingerprint density at radius 1 is 0.347 bits per heavy atom. The molecule has 0 aromatic carbocycles. The van der Waals surface area contributed by atoms with E-state index in [0.29, 0.717) is 25.8 Å². The topological polar surface area (TPSA) is 111 Å². The van der Waals surface area contributed by atoms with Gasteiger partial charge in [0, 0.05) is 32.2 Å². The zero-order valence-corrected chi connectivity index (χ0v) is 48.0. The molecule has 0 bridgehead atoms. The number of carbonyl (C=O) groups excluding carboxylic acids is 4. The molecule has 0 heterocycles. The van der Waals surface area contributed by atoms with E-state index in [1.807, 2.05) is 19.0 Å². The predicted molar refractivity (Wildman–Crippen MR) is 305 cm³/mol. The predicted octanol–water partition coefficient (Wildman–Crippen LogP) is 17.5. The maximum Gasteiger partial charge on any atom is 0.305 e. The number of unbranched alkanes of at least 4 members (excludes halogenated alkanes) is 33. The molecule has 0 aliphatic rings. The first-order valence-electron chi connectivity index (χ1n) is 30.6. The van der Waals surface area contributed by atoms with Crippen molar-refractivity contribution in [2.45, 2.75) is 302 Å². The molecule has 0 saturated heterocycles. The third-order valence-corrected chi connectivity index (χ3v) is 13.6. The van der Waals surface area contributed by atoms with Crippen LogP contribution >= 0.6 is 0 Å². The molecule has 420 valence electrons. The number of hydrogen-bond donors (Lipinski definition) is 1. The van der Waals surface area contributed by atoms with Gasteiger partial charge in [-0.05, 0) is 110 Å². The molecule has 0 aromatic rings. The fourth-order valence-electron chi connectivity index (χ4n) is 8.81. The summed E-state index contributed by atoms with van der Waals surface area (Å²) < 4.78 is 17.5. The fourth-order valence-corrected chi connectivity index (χ4v) is 8.81. The van der Waals surface area contributed by atoms with Gasteiger partial charge in [0.25, 0.3) is 0 Å². The summed E-state index contributed by atoms with van der Waals surface area (Å²) in [5, 5.41) is 3.00. The minimum absolute atomic E-state index is 0.184. The summed E-state index contributed by atoms with van der Waals surface area (Å²) in [4.78, 5) is 54.8. The zero-order chi connectivity index (χ0) is 52.7. The van der Waals surface area contributed by atoms with Crippen molar-refractivity contribution in [1.82, 2.24) is 10.2 Å². The molecule has 72 heavy (non-hydrogen) atoms. The number of ether oxygens (including phenoxy) is 3. The molecule has 1 amide bonds. The number of allylic oxidation sites excluding steroid dienone is 6. The third kappa shape index (κ3) is 50.6. The summed E-state index contributed by atoms with van der Waals surface area (Å²) in [6.45, 7) is 6.50. The Kier molecular flexibility index (Phi) is 52.1. The van der Waals surface area contributed by atoms with Crippen molar-refractivity contribution in [3.8, 4) is 0 Å². The van der Waals surface area contributed by atoms with E-state index in [9.17, 15) is 19.2 Å². The smallest absolute Gasteiger partial charge is 0.305 e. The van der Waals surface area contributed by atoms with E-state index in [1.165, 1.54) is 135 Å². The van der Waals surface area contributed by atoms with Crippen LogP contribution in [0, 0.1) is 0 Å². The van der Waals surface area contributed by atoms with Gasteiger partial charge in [0.2, 0.25) is 5.91 Å². The van der Waals surface area contributed by atoms with E-state index in [1.54, 1.807) is 0 Å². The highest BCUT2D eigenvalue weighted by Crippen LogP contribution is 2.17. The summed E-state index contributed by atoms with van der Waals surface area (Å²) in [6, 6.07) is 0. The first-order chi connectivity index (χ1) is 35.2. The maximum absolute atomic E-state index is 13.4. The molecule has 0 unspecified atom stereocenters. The molecular weight excluding hydrogens is 897 g/mol. The highest BCUT2D eigenvalue weighted by atomic mass is 16.6. The Morgan fingerprint density at radius 3 is 0.833 bits per heavy atom. The van der Waals surface area contributed by atoms with Crippen LogP contribution < -0.4 is 5.32 Å². The minimum Gasteiger partial charge on any atom is -0.463 e. The molecule has 1 N–H and O–H groups in total. The van der Waals surface area contributed by atoms with Crippen molar-refractivity contribution in [1.29, 1.82) is 0 Å². The van der Waals surface area contributed by atoms with Crippen LogP contribution in [0.4, 0.5) is 0 Å². The lowest BCUT2D eigenvalue weighted by atomic mass is 10.0. The summed E-state index contributed by atoms with van der Waals surface area (Å²) in [5.74, 6) is -1.42. The quantitative estimate of drug-likeness (QED) is 0.0278. The van der Waals surface area contributed by atoms with Gasteiger partial charge in [0.15, 0.2) is 0 Å². The largest absolute Gasteiger partial charge is 0.463 e. The molecule has 0 spiro atoms. The molecule has 0 saturated carbocycles. The minimum atomic E-state index is -1.40. The van der Waals surface area contributed by atoms with Crippen LogP contribution in [0.5, 0.6) is 0 Å². The van der Waals surface area contributed by atoms with Crippen LogP contribution in [0.2, 0.25) is 0 Å². The lowest BCUT2D eigenvalue weighted by molar-refractivity contribution is -0.159. The average Bonchev–Trinajstić information content (AvgIpc) is 3.37. The third-order valence-electron chi connectivity index (χ3n) is 13.6. The van der Waals surface area contributed by atoms with Crippen LogP contribution in [-0.4, -0.2) is 74.7 Å². The van der Waals surface area contributed by atoms with Gasteiger partial charge in [-0.2, -0.15) is 0 Å². The Labute approximate surface area is 445 Å². The number of esters is 3. The number of hydrogen-bond acceptors (Lipinski definition) is 8. The normalized spacial score (nSPS) is 12.0. The second kappa shape index (κ2) is 54.3. The fraction of sp³-hybridized carbons (Fsp3) is 0.841. The van der Waals surface area contributed by atoms with Crippen molar-refractivity contribution in [2.75, 3.05) is 40.5 Å².